The molecule has 0 spiro atoms. The lowest BCUT2D eigenvalue weighted by Gasteiger charge is -2.20. The Morgan fingerprint density at radius 2 is 2.17 bits per heavy atom. The van der Waals surface area contributed by atoms with Crippen molar-refractivity contribution in [1.29, 1.82) is 0 Å². The summed E-state index contributed by atoms with van der Waals surface area (Å²) in [5, 5.41) is 0.700. The van der Waals surface area contributed by atoms with Gasteiger partial charge in [0.1, 0.15) is 0 Å². The minimum Gasteiger partial charge on any atom is -0.377 e. The highest BCUT2D eigenvalue weighted by atomic mass is 32.2. The third-order valence-corrected chi connectivity index (χ3v) is 4.45. The third-order valence-electron chi connectivity index (χ3n) is 3.15. The van der Waals surface area contributed by atoms with Gasteiger partial charge in [-0.25, -0.2) is 0 Å². The second-order valence-electron chi connectivity index (χ2n) is 5.23. The zero-order valence-corrected chi connectivity index (χ0v) is 12.4. The second-order valence-corrected chi connectivity index (χ2v) is 6.58. The van der Waals surface area contributed by atoms with Crippen molar-refractivity contribution in [3.05, 3.63) is 29.8 Å². The monoisotopic (exact) mass is 265 g/mol. The maximum Gasteiger partial charge on any atom is 0.0596 e. The van der Waals surface area contributed by atoms with Crippen LogP contribution in [0.5, 0.6) is 0 Å². The number of rotatable bonds is 6. The van der Waals surface area contributed by atoms with Crippen molar-refractivity contribution in [2.45, 2.75) is 36.5 Å². The number of thioether (sulfide) groups is 1. The number of hydrogen-bond acceptors (Lipinski definition) is 3. The summed E-state index contributed by atoms with van der Waals surface area (Å²) in [6, 6.07) is 8.77. The van der Waals surface area contributed by atoms with Crippen LogP contribution < -0.4 is 0 Å². The Hall–Kier alpha value is -0.510. The van der Waals surface area contributed by atoms with Crippen molar-refractivity contribution >= 4 is 11.8 Å². The van der Waals surface area contributed by atoms with Gasteiger partial charge in [0.2, 0.25) is 0 Å². The minimum absolute atomic E-state index is 0.337. The molecule has 1 atom stereocenters. The van der Waals surface area contributed by atoms with E-state index in [1.165, 1.54) is 16.9 Å². The van der Waals surface area contributed by atoms with Gasteiger partial charge in [0.15, 0.2) is 0 Å². The van der Waals surface area contributed by atoms with E-state index in [4.69, 9.17) is 4.74 Å². The molecule has 0 N–H and O–H groups in total. The van der Waals surface area contributed by atoms with Crippen LogP contribution in [0.1, 0.15) is 19.4 Å². The van der Waals surface area contributed by atoms with Crippen LogP contribution in [0.4, 0.5) is 0 Å². The van der Waals surface area contributed by atoms with E-state index < -0.39 is 0 Å². The van der Waals surface area contributed by atoms with Gasteiger partial charge in [-0.15, -0.1) is 11.8 Å². The van der Waals surface area contributed by atoms with E-state index in [1.807, 2.05) is 11.8 Å². The average Bonchev–Trinajstić information content (AvgIpc) is 2.70. The largest absolute Gasteiger partial charge is 0.377 e. The van der Waals surface area contributed by atoms with Crippen molar-refractivity contribution in [2.75, 3.05) is 26.7 Å². The van der Waals surface area contributed by atoms with Gasteiger partial charge in [-0.2, -0.15) is 0 Å². The zero-order chi connectivity index (χ0) is 13.0. The van der Waals surface area contributed by atoms with Crippen LogP contribution in [-0.2, 0) is 11.2 Å². The molecule has 2 rings (SSSR count). The van der Waals surface area contributed by atoms with Crippen LogP contribution in [0.2, 0.25) is 0 Å². The molecule has 100 valence electrons. The molecule has 0 radical (unpaired) electrons. The van der Waals surface area contributed by atoms with E-state index >= 15 is 0 Å². The molecule has 1 heterocycles. The molecule has 0 aromatic heterocycles. The first-order valence-corrected chi connectivity index (χ1v) is 7.58. The third kappa shape index (κ3) is 4.01. The molecule has 0 amide bonds. The molecule has 0 fully saturated rings. The minimum atomic E-state index is 0.337. The summed E-state index contributed by atoms with van der Waals surface area (Å²) in [4.78, 5) is 3.85. The molecule has 0 bridgehead atoms. The molecule has 2 nitrogen and oxygen atoms in total. The van der Waals surface area contributed by atoms with Crippen molar-refractivity contribution < 1.29 is 4.74 Å². The quantitative estimate of drug-likeness (QED) is 0.784. The molecule has 3 heteroatoms. The Labute approximate surface area is 115 Å². The summed E-state index contributed by atoms with van der Waals surface area (Å²) < 4.78 is 5.59. The number of nitrogens with zero attached hydrogens (tertiary/aromatic N) is 1. The van der Waals surface area contributed by atoms with E-state index in [0.717, 1.165) is 19.7 Å². The normalized spacial score (nSPS) is 18.6. The van der Waals surface area contributed by atoms with E-state index in [9.17, 15) is 0 Å². The maximum atomic E-state index is 5.59. The van der Waals surface area contributed by atoms with Gasteiger partial charge in [-0.05, 0) is 38.9 Å². The van der Waals surface area contributed by atoms with Crippen LogP contribution >= 0.6 is 11.8 Å². The molecule has 1 unspecified atom stereocenters. The first-order valence-electron chi connectivity index (χ1n) is 6.70. The Kier molecular flexibility index (Phi) is 5.10. The fourth-order valence-electron chi connectivity index (χ4n) is 2.24. The molecular weight excluding hydrogens is 242 g/mol. The Morgan fingerprint density at radius 3 is 2.89 bits per heavy atom. The van der Waals surface area contributed by atoms with Crippen LogP contribution in [0.25, 0.3) is 0 Å². The van der Waals surface area contributed by atoms with E-state index in [2.05, 4.69) is 50.1 Å². The van der Waals surface area contributed by atoms with Crippen LogP contribution in [-0.4, -0.2) is 43.0 Å². The summed E-state index contributed by atoms with van der Waals surface area (Å²) in [6.45, 7) is 7.16. The lowest BCUT2D eigenvalue weighted by molar-refractivity contribution is 0.0640. The standard InChI is InChI=1S/C15H23NOS/c1-12(2)17-9-8-16(3)11-14-10-13-6-4-5-7-15(13)18-14/h4-7,12,14H,8-11H2,1-3H3. The van der Waals surface area contributed by atoms with Crippen LogP contribution in [0.15, 0.2) is 29.2 Å². The Balaban J connectivity index is 1.72. The van der Waals surface area contributed by atoms with Crippen molar-refractivity contribution in [3.63, 3.8) is 0 Å². The molecule has 1 aliphatic heterocycles. The van der Waals surface area contributed by atoms with E-state index in [0.29, 0.717) is 11.4 Å². The zero-order valence-electron chi connectivity index (χ0n) is 11.6. The molecule has 0 saturated carbocycles. The van der Waals surface area contributed by atoms with Gasteiger partial charge in [0.05, 0.1) is 12.7 Å². The van der Waals surface area contributed by atoms with Crippen molar-refractivity contribution in [1.82, 2.24) is 4.90 Å². The highest BCUT2D eigenvalue weighted by Crippen LogP contribution is 2.36. The predicted octanol–water partition coefficient (Wildman–Crippen LogP) is 3.06. The predicted molar refractivity (Wildman–Crippen MR) is 78.4 cm³/mol. The van der Waals surface area contributed by atoms with Gasteiger partial charge in [-0.1, -0.05) is 18.2 Å². The van der Waals surface area contributed by atoms with E-state index in [1.54, 1.807) is 0 Å². The molecule has 0 aliphatic carbocycles. The highest BCUT2D eigenvalue weighted by Gasteiger charge is 2.22. The lowest BCUT2D eigenvalue weighted by Crippen LogP contribution is -2.30. The van der Waals surface area contributed by atoms with Crippen LogP contribution in [0.3, 0.4) is 0 Å². The molecule has 1 aromatic rings. The van der Waals surface area contributed by atoms with Gasteiger partial charge in [0, 0.05) is 23.2 Å². The number of hydrogen-bond donors (Lipinski definition) is 0. The summed E-state index contributed by atoms with van der Waals surface area (Å²) in [5.41, 5.74) is 1.51. The first-order chi connectivity index (χ1) is 8.65. The maximum absolute atomic E-state index is 5.59. The van der Waals surface area contributed by atoms with Gasteiger partial charge in [-0.3, -0.25) is 0 Å². The van der Waals surface area contributed by atoms with Gasteiger partial charge < -0.3 is 9.64 Å². The Bertz CT molecular complexity index is 356. The van der Waals surface area contributed by atoms with Crippen molar-refractivity contribution in [2.24, 2.45) is 0 Å². The molecule has 1 aliphatic rings. The average molecular weight is 265 g/mol. The summed E-state index contributed by atoms with van der Waals surface area (Å²) >= 11 is 2.02. The van der Waals surface area contributed by atoms with Gasteiger partial charge >= 0.3 is 0 Å². The smallest absolute Gasteiger partial charge is 0.0596 e. The SMILES string of the molecule is CC(C)OCCN(C)CC1Cc2ccccc2S1. The fraction of sp³-hybridized carbons (Fsp3) is 0.600. The molecule has 1 aromatic carbocycles. The van der Waals surface area contributed by atoms with Crippen LogP contribution in [0, 0.1) is 0 Å². The number of likely N-dealkylation sites (N-methyl/N-ethyl adjacent to an activating group) is 1. The number of ether oxygens (including phenoxy) is 1. The fourth-order valence-corrected chi connectivity index (χ4v) is 3.65. The lowest BCUT2D eigenvalue weighted by atomic mass is 10.1. The molecule has 18 heavy (non-hydrogen) atoms. The van der Waals surface area contributed by atoms with Crippen molar-refractivity contribution in [3.8, 4) is 0 Å². The van der Waals surface area contributed by atoms with Gasteiger partial charge in [0.25, 0.3) is 0 Å². The first kappa shape index (κ1) is 13.9. The summed E-state index contributed by atoms with van der Waals surface area (Å²) in [6.07, 6.45) is 1.54. The summed E-state index contributed by atoms with van der Waals surface area (Å²) in [5.74, 6) is 0. The Morgan fingerprint density at radius 1 is 1.39 bits per heavy atom. The summed E-state index contributed by atoms with van der Waals surface area (Å²) in [7, 11) is 2.19. The highest BCUT2D eigenvalue weighted by molar-refractivity contribution is 8.00. The number of fused-ring (bicyclic) bond motifs is 1. The topological polar surface area (TPSA) is 12.5 Å². The number of benzene rings is 1. The molecule has 0 saturated heterocycles. The second kappa shape index (κ2) is 6.60. The molecular formula is C15H23NOS. The van der Waals surface area contributed by atoms with E-state index in [-0.39, 0.29) is 0 Å².